The van der Waals surface area contributed by atoms with Crippen molar-refractivity contribution < 1.29 is 9.90 Å². The molecule has 1 amide bonds. The van der Waals surface area contributed by atoms with Crippen LogP contribution in [0.25, 0.3) is 0 Å². The van der Waals surface area contributed by atoms with Gasteiger partial charge in [-0.2, -0.15) is 51.1 Å². The molecule has 1 fully saturated rings. The molecule has 0 unspecified atom stereocenters. The SMILES string of the molecule is C[C-](C)C.Clc1cc[c-]cc1.O=C(O)N1CCCCC1.[Mg+2]. The largest absolute Gasteiger partial charge is 2.00 e. The second kappa shape index (κ2) is 14.5. The van der Waals surface area contributed by atoms with Crippen molar-refractivity contribution in [2.75, 3.05) is 13.1 Å². The van der Waals surface area contributed by atoms with Gasteiger partial charge < -0.3 is 15.9 Å². The van der Waals surface area contributed by atoms with E-state index in [0.29, 0.717) is 0 Å². The fourth-order valence-electron chi connectivity index (χ4n) is 1.45. The molecule has 2 rings (SSSR count). The summed E-state index contributed by atoms with van der Waals surface area (Å²) in [6, 6.07) is 10.00. The van der Waals surface area contributed by atoms with Gasteiger partial charge in [-0.25, -0.2) is 4.79 Å². The topological polar surface area (TPSA) is 40.5 Å². The number of benzene rings is 1. The van der Waals surface area contributed by atoms with E-state index < -0.39 is 6.09 Å². The molecule has 1 N–H and O–H groups in total. The fourth-order valence-corrected chi connectivity index (χ4v) is 1.58. The average molecular weight is 322 g/mol. The van der Waals surface area contributed by atoms with Crippen LogP contribution in [0.3, 0.4) is 0 Å². The number of rotatable bonds is 0. The van der Waals surface area contributed by atoms with Gasteiger partial charge in [-0.1, -0.05) is 5.02 Å². The maximum absolute atomic E-state index is 10.3. The van der Waals surface area contributed by atoms with Gasteiger partial charge in [0.2, 0.25) is 0 Å². The van der Waals surface area contributed by atoms with Crippen LogP contribution in [-0.2, 0) is 0 Å². The van der Waals surface area contributed by atoms with E-state index in [4.69, 9.17) is 16.7 Å². The Hall–Kier alpha value is -0.454. The van der Waals surface area contributed by atoms with Crippen LogP contribution in [0.2, 0.25) is 5.02 Å². The van der Waals surface area contributed by atoms with Crippen molar-refractivity contribution >= 4 is 40.7 Å². The van der Waals surface area contributed by atoms with Crippen LogP contribution in [0, 0.1) is 12.0 Å². The zero-order chi connectivity index (χ0) is 15.4. The molecule has 1 saturated heterocycles. The summed E-state index contributed by atoms with van der Waals surface area (Å²) in [6.07, 6.45) is 2.48. The van der Waals surface area contributed by atoms with Crippen molar-refractivity contribution in [2.45, 2.75) is 40.0 Å². The molecule has 0 aliphatic carbocycles. The van der Waals surface area contributed by atoms with Crippen molar-refractivity contribution in [1.29, 1.82) is 0 Å². The van der Waals surface area contributed by atoms with Crippen LogP contribution in [0.5, 0.6) is 0 Å². The molecule has 1 aliphatic rings. The third-order valence-corrected chi connectivity index (χ3v) is 2.56. The summed E-state index contributed by atoms with van der Waals surface area (Å²) in [5, 5.41) is 9.23. The van der Waals surface area contributed by atoms with Gasteiger partial charge in [0, 0.05) is 13.1 Å². The average Bonchev–Trinajstić information content (AvgIpc) is 2.41. The standard InChI is InChI=1S/C6H4Cl.C6H11NO2.C4H9.Mg/c7-6-4-2-1-3-5-6;8-6(9)7-4-2-1-3-5-7;1-4(2)3;/h2-5H;1-5H2,(H,8,9);1-3H3;/q-1;;-1;+2. The number of hydrogen-bond acceptors (Lipinski definition) is 1. The number of piperidine rings is 1. The van der Waals surface area contributed by atoms with E-state index in [1.807, 2.05) is 0 Å². The number of halogens is 1. The summed E-state index contributed by atoms with van der Waals surface area (Å²) in [4.78, 5) is 11.8. The number of carboxylic acid groups (broad SMARTS) is 1. The summed E-state index contributed by atoms with van der Waals surface area (Å²) in [7, 11) is 0. The molecule has 0 aromatic heterocycles. The van der Waals surface area contributed by atoms with Gasteiger partial charge >= 0.3 is 29.1 Å². The maximum atomic E-state index is 10.3. The van der Waals surface area contributed by atoms with Gasteiger partial charge in [-0.05, 0) is 19.3 Å². The Morgan fingerprint density at radius 3 is 1.86 bits per heavy atom. The number of carbonyl (C=O) groups is 1. The van der Waals surface area contributed by atoms with Crippen molar-refractivity contribution in [3.63, 3.8) is 0 Å². The van der Waals surface area contributed by atoms with E-state index in [2.05, 4.69) is 26.8 Å². The minimum atomic E-state index is -0.769. The van der Waals surface area contributed by atoms with Crippen molar-refractivity contribution in [1.82, 2.24) is 4.90 Å². The van der Waals surface area contributed by atoms with Crippen LogP contribution in [0.15, 0.2) is 24.3 Å². The second-order valence-electron chi connectivity index (χ2n) is 5.05. The molecule has 0 spiro atoms. The zero-order valence-corrected chi connectivity index (χ0v) is 15.4. The summed E-state index contributed by atoms with van der Waals surface area (Å²) in [5.74, 6) is 1.42. The van der Waals surface area contributed by atoms with Crippen LogP contribution in [0.4, 0.5) is 4.79 Å². The van der Waals surface area contributed by atoms with Gasteiger partial charge in [0.15, 0.2) is 0 Å². The first kappa shape index (κ1) is 22.8. The molecule has 5 heteroatoms. The molecule has 114 valence electrons. The Balaban J connectivity index is 0. The van der Waals surface area contributed by atoms with Gasteiger partial charge in [-0.15, -0.1) is 11.6 Å². The van der Waals surface area contributed by atoms with E-state index >= 15 is 0 Å². The van der Waals surface area contributed by atoms with E-state index in [0.717, 1.165) is 31.0 Å². The Labute approximate surface area is 149 Å². The Kier molecular flexibility index (Phi) is 15.7. The first-order chi connectivity index (χ1) is 9.43. The number of amides is 1. The molecule has 3 nitrogen and oxygen atoms in total. The Morgan fingerprint density at radius 2 is 1.62 bits per heavy atom. The van der Waals surface area contributed by atoms with Crippen LogP contribution in [0.1, 0.15) is 40.0 Å². The third kappa shape index (κ3) is 15.8. The van der Waals surface area contributed by atoms with Gasteiger partial charge in [0.05, 0.1) is 0 Å². The first-order valence-electron chi connectivity index (χ1n) is 6.79. The molecule has 1 aromatic carbocycles. The second-order valence-corrected chi connectivity index (χ2v) is 5.48. The minimum Gasteiger partial charge on any atom is -0.465 e. The summed E-state index contributed by atoms with van der Waals surface area (Å²) in [6.45, 7) is 7.71. The van der Waals surface area contributed by atoms with E-state index in [9.17, 15) is 4.79 Å². The molecule has 0 bridgehead atoms. The van der Waals surface area contributed by atoms with E-state index in [-0.39, 0.29) is 23.1 Å². The smallest absolute Gasteiger partial charge is 0.465 e. The first-order valence-corrected chi connectivity index (χ1v) is 7.17. The number of hydrogen-bond donors (Lipinski definition) is 1. The van der Waals surface area contributed by atoms with Gasteiger partial charge in [-0.3, -0.25) is 0 Å². The molecule has 0 saturated carbocycles. The van der Waals surface area contributed by atoms with Crippen molar-refractivity contribution in [3.8, 4) is 0 Å². The number of likely N-dealkylation sites (tertiary alicyclic amines) is 1. The monoisotopic (exact) mass is 321 g/mol. The summed E-state index contributed by atoms with van der Waals surface area (Å²) in [5.41, 5.74) is 0. The van der Waals surface area contributed by atoms with Crippen LogP contribution < -0.4 is 0 Å². The maximum Gasteiger partial charge on any atom is 2.00 e. The fraction of sp³-hybridized carbons (Fsp3) is 0.500. The summed E-state index contributed by atoms with van der Waals surface area (Å²) < 4.78 is 0. The van der Waals surface area contributed by atoms with E-state index in [1.54, 1.807) is 24.3 Å². The minimum absolute atomic E-state index is 0. The zero-order valence-electron chi connectivity index (χ0n) is 13.2. The van der Waals surface area contributed by atoms with Gasteiger partial charge in [0.25, 0.3) is 0 Å². The van der Waals surface area contributed by atoms with Gasteiger partial charge in [0.1, 0.15) is 0 Å². The Bertz CT molecular complexity index is 352. The van der Waals surface area contributed by atoms with Crippen LogP contribution in [-0.4, -0.2) is 52.2 Å². The molecule has 1 heterocycles. The molecule has 1 aliphatic heterocycles. The van der Waals surface area contributed by atoms with Crippen molar-refractivity contribution in [3.05, 3.63) is 41.3 Å². The molecule has 0 radical (unpaired) electrons. The third-order valence-electron chi connectivity index (χ3n) is 2.30. The molecule has 21 heavy (non-hydrogen) atoms. The quantitative estimate of drug-likeness (QED) is 0.563. The Morgan fingerprint density at radius 1 is 1.19 bits per heavy atom. The molecular weight excluding hydrogens is 298 g/mol. The predicted octanol–water partition coefficient (Wildman–Crippen LogP) is 4.53. The number of nitrogens with zero attached hydrogens (tertiary/aromatic N) is 1. The normalized spacial score (nSPS) is 13.1. The molecule has 1 aromatic rings. The predicted molar refractivity (Wildman–Crippen MR) is 89.8 cm³/mol. The van der Waals surface area contributed by atoms with E-state index in [1.165, 1.54) is 17.2 Å². The van der Waals surface area contributed by atoms with Crippen LogP contribution >= 0.6 is 11.6 Å². The van der Waals surface area contributed by atoms with Crippen molar-refractivity contribution in [2.24, 2.45) is 0 Å². The summed E-state index contributed by atoms with van der Waals surface area (Å²) >= 11 is 5.52. The molecule has 0 atom stereocenters. The molecular formula is C16H24ClMgNO2.